The lowest BCUT2D eigenvalue weighted by Crippen LogP contribution is -2.42. The van der Waals surface area contributed by atoms with Crippen molar-refractivity contribution in [3.63, 3.8) is 0 Å². The Hall–Kier alpha value is -0.870. The van der Waals surface area contributed by atoms with Gasteiger partial charge in [0.2, 0.25) is 0 Å². The first-order valence-corrected chi connectivity index (χ1v) is 6.64. The summed E-state index contributed by atoms with van der Waals surface area (Å²) in [7, 11) is 0. The van der Waals surface area contributed by atoms with Gasteiger partial charge >= 0.3 is 0 Å². The van der Waals surface area contributed by atoms with Crippen molar-refractivity contribution >= 4 is 0 Å². The molecular weight excluding hydrogens is 214 g/mol. The van der Waals surface area contributed by atoms with Crippen LogP contribution in [0, 0.1) is 0 Å². The van der Waals surface area contributed by atoms with E-state index in [0.29, 0.717) is 0 Å². The Morgan fingerprint density at radius 2 is 2.18 bits per heavy atom. The third-order valence-corrected chi connectivity index (χ3v) is 3.82. The Morgan fingerprint density at radius 1 is 1.47 bits per heavy atom. The zero-order chi connectivity index (χ0) is 12.3. The molecule has 96 valence electrons. The smallest absolute Gasteiger partial charge is 0.128 e. The molecule has 0 aromatic carbocycles. The molecule has 1 aromatic heterocycles. The van der Waals surface area contributed by atoms with Crippen LogP contribution in [0.25, 0.3) is 0 Å². The fourth-order valence-electron chi connectivity index (χ4n) is 2.91. The molecule has 4 nitrogen and oxygen atoms in total. The number of hydrogen-bond acceptors (Lipinski definition) is 3. The number of rotatable bonds is 5. The first-order valence-electron chi connectivity index (χ1n) is 6.64. The van der Waals surface area contributed by atoms with Gasteiger partial charge in [-0.1, -0.05) is 12.8 Å². The summed E-state index contributed by atoms with van der Waals surface area (Å²) in [6.07, 6.45) is 8.34. The fraction of sp³-hybridized carbons (Fsp3) is 0.769. The number of aryl methyl sites for hydroxylation is 1. The molecule has 0 radical (unpaired) electrons. The molecule has 1 unspecified atom stereocenters. The van der Waals surface area contributed by atoms with Crippen molar-refractivity contribution in [1.29, 1.82) is 0 Å². The highest BCUT2D eigenvalue weighted by Crippen LogP contribution is 2.41. The second kappa shape index (κ2) is 5.19. The van der Waals surface area contributed by atoms with E-state index in [0.717, 1.165) is 31.8 Å². The van der Waals surface area contributed by atoms with Crippen LogP contribution in [-0.4, -0.2) is 21.8 Å². The second-order valence-electron chi connectivity index (χ2n) is 4.75. The van der Waals surface area contributed by atoms with Crippen LogP contribution >= 0.6 is 0 Å². The van der Waals surface area contributed by atoms with E-state index < -0.39 is 0 Å². The molecule has 1 fully saturated rings. The summed E-state index contributed by atoms with van der Waals surface area (Å²) in [6.45, 7) is 5.78. The van der Waals surface area contributed by atoms with Crippen molar-refractivity contribution in [3.8, 4) is 0 Å². The minimum Gasteiger partial charge on any atom is -0.373 e. The minimum absolute atomic E-state index is 0.111. The third kappa shape index (κ3) is 2.24. The maximum absolute atomic E-state index is 6.43. The summed E-state index contributed by atoms with van der Waals surface area (Å²) < 4.78 is 8.11. The highest BCUT2D eigenvalue weighted by molar-refractivity contribution is 5.08. The zero-order valence-electron chi connectivity index (χ0n) is 10.9. The lowest BCUT2D eigenvalue weighted by atomic mass is 9.92. The Balaban J connectivity index is 2.24. The number of hydrogen-bond donors (Lipinski definition) is 1. The monoisotopic (exact) mass is 237 g/mol. The van der Waals surface area contributed by atoms with Crippen molar-refractivity contribution in [2.45, 2.75) is 57.7 Å². The summed E-state index contributed by atoms with van der Waals surface area (Å²) in [5, 5.41) is 0. The number of aromatic nitrogens is 2. The van der Waals surface area contributed by atoms with Gasteiger partial charge in [0.1, 0.15) is 5.82 Å². The van der Waals surface area contributed by atoms with E-state index in [9.17, 15) is 0 Å². The predicted molar refractivity (Wildman–Crippen MR) is 67.7 cm³/mol. The minimum atomic E-state index is -0.187. The highest BCUT2D eigenvalue weighted by Gasteiger charge is 2.42. The normalized spacial score (nSPS) is 20.6. The number of imidazole rings is 1. The third-order valence-electron chi connectivity index (χ3n) is 3.82. The van der Waals surface area contributed by atoms with Gasteiger partial charge in [-0.05, 0) is 26.7 Å². The molecule has 4 heteroatoms. The van der Waals surface area contributed by atoms with Crippen LogP contribution in [0.3, 0.4) is 0 Å². The van der Waals surface area contributed by atoms with Gasteiger partial charge in [-0.15, -0.1) is 0 Å². The zero-order valence-corrected chi connectivity index (χ0v) is 10.9. The SMILES string of the molecule is CCOC1(C(N)c2nccn2CC)CCCC1. The molecule has 17 heavy (non-hydrogen) atoms. The summed E-state index contributed by atoms with van der Waals surface area (Å²) in [6, 6.07) is -0.111. The molecule has 0 bridgehead atoms. The lowest BCUT2D eigenvalue weighted by Gasteiger charge is -2.34. The largest absolute Gasteiger partial charge is 0.373 e. The quantitative estimate of drug-likeness (QED) is 0.854. The van der Waals surface area contributed by atoms with Crippen LogP contribution in [0.2, 0.25) is 0 Å². The molecule has 1 atom stereocenters. The van der Waals surface area contributed by atoms with E-state index in [1.165, 1.54) is 12.8 Å². The van der Waals surface area contributed by atoms with E-state index in [1.807, 2.05) is 19.3 Å². The number of nitrogens with two attached hydrogens (primary N) is 1. The van der Waals surface area contributed by atoms with E-state index in [4.69, 9.17) is 10.5 Å². The highest BCUT2D eigenvalue weighted by atomic mass is 16.5. The van der Waals surface area contributed by atoms with Crippen LogP contribution in [0.1, 0.15) is 51.4 Å². The van der Waals surface area contributed by atoms with Gasteiger partial charge in [0.05, 0.1) is 11.6 Å². The average molecular weight is 237 g/mol. The molecule has 0 saturated heterocycles. The molecule has 0 aliphatic heterocycles. The van der Waals surface area contributed by atoms with Crippen molar-refractivity contribution < 1.29 is 4.74 Å². The molecule has 2 rings (SSSR count). The van der Waals surface area contributed by atoms with Crippen molar-refractivity contribution in [1.82, 2.24) is 9.55 Å². The van der Waals surface area contributed by atoms with Crippen LogP contribution in [-0.2, 0) is 11.3 Å². The first kappa shape index (κ1) is 12.6. The average Bonchev–Trinajstić information content (AvgIpc) is 2.97. The van der Waals surface area contributed by atoms with Gasteiger partial charge in [-0.2, -0.15) is 0 Å². The van der Waals surface area contributed by atoms with E-state index in [-0.39, 0.29) is 11.6 Å². The van der Waals surface area contributed by atoms with Gasteiger partial charge in [-0.25, -0.2) is 4.98 Å². The second-order valence-corrected chi connectivity index (χ2v) is 4.75. The van der Waals surface area contributed by atoms with Gasteiger partial charge < -0.3 is 15.0 Å². The van der Waals surface area contributed by atoms with Crippen molar-refractivity contribution in [2.24, 2.45) is 5.73 Å². The van der Waals surface area contributed by atoms with Gasteiger partial charge in [0, 0.05) is 25.5 Å². The molecule has 1 aliphatic rings. The topological polar surface area (TPSA) is 53.1 Å². The van der Waals surface area contributed by atoms with Gasteiger partial charge in [0.25, 0.3) is 0 Å². The van der Waals surface area contributed by atoms with Crippen LogP contribution in [0.4, 0.5) is 0 Å². The molecule has 0 spiro atoms. The molecule has 1 heterocycles. The van der Waals surface area contributed by atoms with Crippen molar-refractivity contribution in [3.05, 3.63) is 18.2 Å². The Labute approximate surface area is 103 Å². The van der Waals surface area contributed by atoms with E-state index >= 15 is 0 Å². The van der Waals surface area contributed by atoms with Gasteiger partial charge in [0.15, 0.2) is 0 Å². The van der Waals surface area contributed by atoms with Crippen LogP contribution in [0.5, 0.6) is 0 Å². The van der Waals surface area contributed by atoms with Crippen molar-refractivity contribution in [2.75, 3.05) is 6.61 Å². The van der Waals surface area contributed by atoms with Crippen LogP contribution < -0.4 is 5.73 Å². The van der Waals surface area contributed by atoms with E-state index in [2.05, 4.69) is 16.5 Å². The lowest BCUT2D eigenvalue weighted by molar-refractivity contribution is -0.0560. The van der Waals surface area contributed by atoms with Gasteiger partial charge in [-0.3, -0.25) is 0 Å². The Morgan fingerprint density at radius 3 is 2.76 bits per heavy atom. The molecule has 1 aliphatic carbocycles. The maximum atomic E-state index is 6.43. The molecule has 0 amide bonds. The Bertz CT molecular complexity index is 355. The molecule has 2 N–H and O–H groups in total. The van der Waals surface area contributed by atoms with Crippen LogP contribution in [0.15, 0.2) is 12.4 Å². The summed E-state index contributed by atoms with van der Waals surface area (Å²) in [4.78, 5) is 4.42. The molecular formula is C13H23N3O. The van der Waals surface area contributed by atoms with E-state index in [1.54, 1.807) is 0 Å². The molecule has 1 aromatic rings. The predicted octanol–water partition coefficient (Wildman–Crippen LogP) is 2.25. The summed E-state index contributed by atoms with van der Waals surface area (Å²) >= 11 is 0. The number of nitrogens with zero attached hydrogens (tertiary/aromatic N) is 2. The summed E-state index contributed by atoms with van der Waals surface area (Å²) in [5.41, 5.74) is 6.25. The fourth-order valence-corrected chi connectivity index (χ4v) is 2.91. The summed E-state index contributed by atoms with van der Waals surface area (Å²) in [5.74, 6) is 0.961. The number of ether oxygens (including phenoxy) is 1. The maximum Gasteiger partial charge on any atom is 0.128 e. The standard InChI is InChI=1S/C13H23N3O/c1-3-16-10-9-15-12(16)11(14)13(17-4-2)7-5-6-8-13/h9-11H,3-8,14H2,1-2H3. The Kier molecular flexibility index (Phi) is 3.84. The molecule has 1 saturated carbocycles. The first-order chi connectivity index (χ1) is 8.23.